The molecule has 0 unspecified atom stereocenters. The third kappa shape index (κ3) is 6.31. The van der Waals surface area contributed by atoms with E-state index in [-0.39, 0.29) is 0 Å². The first-order valence-corrected chi connectivity index (χ1v) is 5.49. The van der Waals surface area contributed by atoms with Crippen LogP contribution < -0.4 is 0 Å². The molecule has 0 fully saturated rings. The molecule has 88 valence electrons. The van der Waals surface area contributed by atoms with Gasteiger partial charge in [0, 0.05) is 18.9 Å². The van der Waals surface area contributed by atoms with Gasteiger partial charge in [0.1, 0.15) is 13.5 Å². The van der Waals surface area contributed by atoms with Gasteiger partial charge in [0.2, 0.25) is 0 Å². The van der Waals surface area contributed by atoms with Gasteiger partial charge in [-0.2, -0.15) is 0 Å². The van der Waals surface area contributed by atoms with Crippen molar-refractivity contribution in [3.05, 3.63) is 23.9 Å². The van der Waals surface area contributed by atoms with Crippen LogP contribution in [-0.2, 0) is 9.47 Å². The maximum absolute atomic E-state index is 5.39. The smallest absolute Gasteiger partial charge is 0.120 e. The fourth-order valence-electron chi connectivity index (χ4n) is 1.14. The largest absolute Gasteiger partial charge is 0.361 e. The van der Waals surface area contributed by atoms with E-state index in [1.807, 2.05) is 33.8 Å². The van der Waals surface area contributed by atoms with Crippen LogP contribution in [0.1, 0.15) is 27.7 Å². The quantitative estimate of drug-likeness (QED) is 0.457. The molecule has 0 heterocycles. The summed E-state index contributed by atoms with van der Waals surface area (Å²) in [4.78, 5) is 2.06. The molecule has 0 N–H and O–H groups in total. The Labute approximate surface area is 93.4 Å². The number of hydrogen-bond donors (Lipinski definition) is 0. The summed E-state index contributed by atoms with van der Waals surface area (Å²) in [6, 6.07) is 0. The number of ether oxygens (including phenoxy) is 2. The summed E-state index contributed by atoms with van der Waals surface area (Å²) < 4.78 is 10.8. The number of nitrogens with zero attached hydrogens (tertiary/aromatic N) is 1. The van der Waals surface area contributed by atoms with E-state index in [0.717, 1.165) is 18.9 Å². The highest BCUT2D eigenvalue weighted by molar-refractivity contribution is 5.15. The average Bonchev–Trinajstić information content (AvgIpc) is 2.27. The van der Waals surface area contributed by atoms with Crippen molar-refractivity contribution in [3.8, 4) is 0 Å². The molecule has 0 aromatic rings. The molecule has 0 aromatic heterocycles. The predicted molar refractivity (Wildman–Crippen MR) is 63.4 cm³/mol. The van der Waals surface area contributed by atoms with Gasteiger partial charge in [0.05, 0.1) is 0 Å². The molecule has 3 heteroatoms. The van der Waals surface area contributed by atoms with Crippen LogP contribution in [0, 0.1) is 0 Å². The molecule has 0 rings (SSSR count). The highest BCUT2D eigenvalue weighted by Gasteiger charge is 2.05. The Morgan fingerprint density at radius 1 is 1.07 bits per heavy atom. The summed E-state index contributed by atoms with van der Waals surface area (Å²) in [6.45, 7) is 10.6. The summed E-state index contributed by atoms with van der Waals surface area (Å²) in [5.74, 6) is 0. The van der Waals surface area contributed by atoms with E-state index in [0.29, 0.717) is 13.5 Å². The number of rotatable bonds is 8. The zero-order valence-corrected chi connectivity index (χ0v) is 10.3. The van der Waals surface area contributed by atoms with E-state index in [4.69, 9.17) is 9.47 Å². The van der Waals surface area contributed by atoms with Crippen LogP contribution in [0.25, 0.3) is 0 Å². The summed E-state index contributed by atoms with van der Waals surface area (Å²) in [5.41, 5.74) is 1.12. The molecule has 0 atom stereocenters. The Bertz CT molecular complexity index is 192. The molecule has 0 saturated heterocycles. The highest BCUT2D eigenvalue weighted by Crippen LogP contribution is 2.06. The summed E-state index contributed by atoms with van der Waals surface area (Å²) in [5, 5.41) is 0. The molecular weight excluding hydrogens is 190 g/mol. The molecule has 0 aliphatic carbocycles. The zero-order chi connectivity index (χ0) is 11.5. The van der Waals surface area contributed by atoms with Crippen molar-refractivity contribution in [1.29, 1.82) is 0 Å². The molecule has 0 radical (unpaired) electrons. The summed E-state index contributed by atoms with van der Waals surface area (Å²) in [7, 11) is 0. The van der Waals surface area contributed by atoms with Gasteiger partial charge in [0.15, 0.2) is 0 Å². The maximum Gasteiger partial charge on any atom is 0.120 e. The monoisotopic (exact) mass is 213 g/mol. The van der Waals surface area contributed by atoms with Gasteiger partial charge in [-0.3, -0.25) is 0 Å². The third-order valence-electron chi connectivity index (χ3n) is 1.90. The molecule has 0 aliphatic heterocycles. The van der Waals surface area contributed by atoms with Crippen LogP contribution in [-0.4, -0.2) is 31.6 Å². The summed E-state index contributed by atoms with van der Waals surface area (Å²) in [6.07, 6.45) is 6.12. The van der Waals surface area contributed by atoms with Crippen molar-refractivity contribution >= 4 is 0 Å². The maximum atomic E-state index is 5.39. The number of allylic oxidation sites excluding steroid dienone is 3. The van der Waals surface area contributed by atoms with E-state index in [9.17, 15) is 0 Å². The normalized spacial score (nSPS) is 12.4. The standard InChI is InChI=1S/C12H23NO2/c1-5-9-12(6-2)13(10-14-7-3)11-15-8-4/h5-6,9H,7-8,10-11H2,1-4H3/b9-5-,12-6+. The van der Waals surface area contributed by atoms with E-state index < -0.39 is 0 Å². The Hall–Kier alpha value is -0.800. The molecule has 0 aliphatic rings. The zero-order valence-electron chi connectivity index (χ0n) is 10.3. The van der Waals surface area contributed by atoms with Gasteiger partial charge in [-0.15, -0.1) is 0 Å². The van der Waals surface area contributed by atoms with Crippen LogP contribution in [0.3, 0.4) is 0 Å². The van der Waals surface area contributed by atoms with Gasteiger partial charge >= 0.3 is 0 Å². The fraction of sp³-hybridized carbons (Fsp3) is 0.667. The molecular formula is C12H23NO2. The summed E-state index contributed by atoms with van der Waals surface area (Å²) >= 11 is 0. The first-order chi connectivity index (χ1) is 7.29. The lowest BCUT2D eigenvalue weighted by atomic mass is 10.3. The molecule has 3 nitrogen and oxygen atoms in total. The van der Waals surface area contributed by atoms with Crippen molar-refractivity contribution in [1.82, 2.24) is 4.90 Å². The van der Waals surface area contributed by atoms with Crippen molar-refractivity contribution < 1.29 is 9.47 Å². The first-order valence-electron chi connectivity index (χ1n) is 5.49. The molecule has 0 saturated carbocycles. The third-order valence-corrected chi connectivity index (χ3v) is 1.90. The van der Waals surface area contributed by atoms with Crippen LogP contribution in [0.15, 0.2) is 23.9 Å². The van der Waals surface area contributed by atoms with Gasteiger partial charge < -0.3 is 14.4 Å². The minimum absolute atomic E-state index is 0.570. The topological polar surface area (TPSA) is 21.7 Å². The second-order valence-electron chi connectivity index (χ2n) is 3.00. The Morgan fingerprint density at radius 3 is 1.93 bits per heavy atom. The molecule has 0 aromatic carbocycles. The van der Waals surface area contributed by atoms with Crippen molar-refractivity contribution in [3.63, 3.8) is 0 Å². The molecule has 0 amide bonds. The molecule has 0 spiro atoms. The number of hydrogen-bond acceptors (Lipinski definition) is 3. The molecule has 0 bridgehead atoms. The predicted octanol–water partition coefficient (Wildman–Crippen LogP) is 2.76. The van der Waals surface area contributed by atoms with Crippen molar-refractivity contribution in [2.75, 3.05) is 26.7 Å². The van der Waals surface area contributed by atoms with Crippen molar-refractivity contribution in [2.45, 2.75) is 27.7 Å². The minimum atomic E-state index is 0.570. The second-order valence-corrected chi connectivity index (χ2v) is 3.00. The SMILES string of the molecule is C/C=C\C(=C/C)N(COCC)COCC. The van der Waals surface area contributed by atoms with Gasteiger partial charge in [0.25, 0.3) is 0 Å². The van der Waals surface area contributed by atoms with E-state index in [1.165, 1.54) is 0 Å². The fourth-order valence-corrected chi connectivity index (χ4v) is 1.14. The van der Waals surface area contributed by atoms with Crippen LogP contribution in [0.2, 0.25) is 0 Å². The first kappa shape index (κ1) is 14.2. The van der Waals surface area contributed by atoms with Gasteiger partial charge in [-0.1, -0.05) is 12.2 Å². The Morgan fingerprint density at radius 2 is 1.60 bits per heavy atom. The average molecular weight is 213 g/mol. The van der Waals surface area contributed by atoms with E-state index in [2.05, 4.69) is 17.1 Å². The van der Waals surface area contributed by atoms with Gasteiger partial charge in [-0.25, -0.2) is 0 Å². The van der Waals surface area contributed by atoms with Gasteiger partial charge in [-0.05, 0) is 33.8 Å². The van der Waals surface area contributed by atoms with Crippen LogP contribution >= 0.6 is 0 Å². The lowest BCUT2D eigenvalue weighted by molar-refractivity contribution is -0.0173. The lowest BCUT2D eigenvalue weighted by Gasteiger charge is -2.24. The molecule has 15 heavy (non-hydrogen) atoms. The van der Waals surface area contributed by atoms with Crippen LogP contribution in [0.5, 0.6) is 0 Å². The lowest BCUT2D eigenvalue weighted by Crippen LogP contribution is -2.28. The Balaban J connectivity index is 4.29. The van der Waals surface area contributed by atoms with E-state index >= 15 is 0 Å². The second kappa shape index (κ2) is 9.74. The van der Waals surface area contributed by atoms with E-state index in [1.54, 1.807) is 0 Å². The van der Waals surface area contributed by atoms with Crippen LogP contribution in [0.4, 0.5) is 0 Å². The van der Waals surface area contributed by atoms with Crippen molar-refractivity contribution in [2.24, 2.45) is 0 Å². The minimum Gasteiger partial charge on any atom is -0.361 e. The Kier molecular flexibility index (Phi) is 9.22. The highest BCUT2D eigenvalue weighted by atomic mass is 16.5.